The minimum absolute atomic E-state index is 0.631. The van der Waals surface area contributed by atoms with Crippen LogP contribution in [0.4, 0.5) is 5.69 Å². The molecule has 1 aliphatic carbocycles. The highest BCUT2D eigenvalue weighted by Crippen LogP contribution is 2.32. The first-order valence-corrected chi connectivity index (χ1v) is 6.85. The van der Waals surface area contributed by atoms with Gasteiger partial charge in [0, 0.05) is 12.2 Å². The molecule has 0 aromatic carbocycles. The minimum Gasteiger partial charge on any atom is -0.381 e. The third kappa shape index (κ3) is 2.99. The molecule has 0 radical (unpaired) electrons. The second-order valence-corrected chi connectivity index (χ2v) is 5.63. The highest BCUT2D eigenvalue weighted by molar-refractivity contribution is 5.48. The van der Waals surface area contributed by atoms with E-state index in [4.69, 9.17) is 0 Å². The van der Waals surface area contributed by atoms with E-state index >= 15 is 0 Å². The largest absolute Gasteiger partial charge is 0.381 e. The van der Waals surface area contributed by atoms with E-state index in [1.807, 2.05) is 12.4 Å². The maximum Gasteiger partial charge on any atom is 0.0558 e. The third-order valence-electron chi connectivity index (χ3n) is 4.06. The van der Waals surface area contributed by atoms with E-state index in [0.717, 1.165) is 11.8 Å². The summed E-state index contributed by atoms with van der Waals surface area (Å²) >= 11 is 0. The average molecular weight is 232 g/mol. The van der Waals surface area contributed by atoms with Crippen molar-refractivity contribution in [1.29, 1.82) is 0 Å². The second-order valence-electron chi connectivity index (χ2n) is 5.63. The number of nitrogens with one attached hydrogen (secondary N) is 1. The van der Waals surface area contributed by atoms with Gasteiger partial charge >= 0.3 is 0 Å². The smallest absolute Gasteiger partial charge is 0.0558 e. The van der Waals surface area contributed by atoms with Crippen molar-refractivity contribution in [2.24, 2.45) is 11.8 Å². The van der Waals surface area contributed by atoms with Crippen LogP contribution in [0.5, 0.6) is 0 Å². The summed E-state index contributed by atoms with van der Waals surface area (Å²) in [4.78, 5) is 4.22. The fraction of sp³-hybridized carbons (Fsp3) is 0.667. The lowest BCUT2D eigenvalue weighted by molar-refractivity contribution is 0.253. The average Bonchev–Trinajstić information content (AvgIpc) is 2.32. The van der Waals surface area contributed by atoms with E-state index in [0.29, 0.717) is 6.04 Å². The summed E-state index contributed by atoms with van der Waals surface area (Å²) in [5.74, 6) is 1.58. The monoisotopic (exact) mass is 232 g/mol. The molecule has 0 aliphatic heterocycles. The standard InChI is InChI=1S/C15H24N2/c1-11(2)13-6-4-5-7-14(13)17-15-10-16-9-8-12(15)3/h8-11,13-14,17H,4-7H2,1-3H3. The van der Waals surface area contributed by atoms with Gasteiger partial charge in [0.1, 0.15) is 0 Å². The molecular formula is C15H24N2. The molecule has 2 atom stereocenters. The van der Waals surface area contributed by atoms with Crippen molar-refractivity contribution < 1.29 is 0 Å². The molecule has 0 amide bonds. The van der Waals surface area contributed by atoms with Gasteiger partial charge in [0.25, 0.3) is 0 Å². The quantitative estimate of drug-likeness (QED) is 0.851. The SMILES string of the molecule is Cc1ccncc1NC1CCCCC1C(C)C. The van der Waals surface area contributed by atoms with Crippen LogP contribution in [0, 0.1) is 18.8 Å². The number of pyridine rings is 1. The van der Waals surface area contributed by atoms with E-state index < -0.39 is 0 Å². The Kier molecular flexibility index (Phi) is 4.03. The number of aromatic nitrogens is 1. The summed E-state index contributed by atoms with van der Waals surface area (Å²) < 4.78 is 0. The third-order valence-corrected chi connectivity index (χ3v) is 4.06. The van der Waals surface area contributed by atoms with Crippen LogP contribution in [-0.2, 0) is 0 Å². The summed E-state index contributed by atoms with van der Waals surface area (Å²) in [5.41, 5.74) is 2.51. The van der Waals surface area contributed by atoms with Gasteiger partial charge < -0.3 is 5.32 Å². The van der Waals surface area contributed by atoms with Gasteiger partial charge in [-0.1, -0.05) is 26.7 Å². The highest BCUT2D eigenvalue weighted by atomic mass is 14.9. The Morgan fingerprint density at radius 2 is 2.06 bits per heavy atom. The van der Waals surface area contributed by atoms with Crippen LogP contribution in [-0.4, -0.2) is 11.0 Å². The van der Waals surface area contributed by atoms with Crippen molar-refractivity contribution in [2.75, 3.05) is 5.32 Å². The predicted molar refractivity (Wildman–Crippen MR) is 73.2 cm³/mol. The topological polar surface area (TPSA) is 24.9 Å². The Morgan fingerprint density at radius 1 is 1.29 bits per heavy atom. The van der Waals surface area contributed by atoms with Crippen molar-refractivity contribution in [3.8, 4) is 0 Å². The molecule has 1 aromatic rings. The molecule has 2 unspecified atom stereocenters. The van der Waals surface area contributed by atoms with Crippen LogP contribution in [0.25, 0.3) is 0 Å². The zero-order chi connectivity index (χ0) is 12.3. The normalized spacial score (nSPS) is 24.9. The zero-order valence-corrected chi connectivity index (χ0v) is 11.2. The van der Waals surface area contributed by atoms with Gasteiger partial charge in [0.2, 0.25) is 0 Å². The Morgan fingerprint density at radius 3 is 2.76 bits per heavy atom. The van der Waals surface area contributed by atoms with Crippen molar-refractivity contribution in [1.82, 2.24) is 4.98 Å². The van der Waals surface area contributed by atoms with Crippen LogP contribution in [0.15, 0.2) is 18.5 Å². The van der Waals surface area contributed by atoms with Crippen molar-refractivity contribution in [2.45, 2.75) is 52.5 Å². The summed E-state index contributed by atoms with van der Waals surface area (Å²) in [7, 11) is 0. The number of rotatable bonds is 3. The molecule has 1 fully saturated rings. The van der Waals surface area contributed by atoms with Crippen LogP contribution in [0.1, 0.15) is 45.1 Å². The van der Waals surface area contributed by atoms with Gasteiger partial charge in [-0.05, 0) is 43.2 Å². The second kappa shape index (κ2) is 5.52. The fourth-order valence-electron chi connectivity index (χ4n) is 2.95. The lowest BCUT2D eigenvalue weighted by Crippen LogP contribution is -2.35. The van der Waals surface area contributed by atoms with E-state index in [2.05, 4.69) is 37.1 Å². The first-order valence-electron chi connectivity index (χ1n) is 6.85. The first-order chi connectivity index (χ1) is 8.18. The zero-order valence-electron chi connectivity index (χ0n) is 11.2. The number of hydrogen-bond acceptors (Lipinski definition) is 2. The van der Waals surface area contributed by atoms with Crippen molar-refractivity contribution in [3.05, 3.63) is 24.0 Å². The molecule has 0 bridgehead atoms. The van der Waals surface area contributed by atoms with Gasteiger partial charge in [-0.15, -0.1) is 0 Å². The van der Waals surface area contributed by atoms with Gasteiger partial charge in [0.05, 0.1) is 11.9 Å². The lowest BCUT2D eigenvalue weighted by Gasteiger charge is -2.35. The minimum atomic E-state index is 0.631. The van der Waals surface area contributed by atoms with E-state index in [1.165, 1.54) is 36.9 Å². The van der Waals surface area contributed by atoms with Gasteiger partial charge in [0.15, 0.2) is 0 Å². The summed E-state index contributed by atoms with van der Waals surface area (Å²) in [6.07, 6.45) is 9.25. The molecule has 1 aromatic heterocycles. The Hall–Kier alpha value is -1.05. The summed E-state index contributed by atoms with van der Waals surface area (Å²) in [6, 6.07) is 2.71. The molecule has 1 aliphatic rings. The first kappa shape index (κ1) is 12.4. The van der Waals surface area contributed by atoms with Crippen LogP contribution in [0.2, 0.25) is 0 Å². The van der Waals surface area contributed by atoms with Gasteiger partial charge in [-0.2, -0.15) is 0 Å². The summed E-state index contributed by atoms with van der Waals surface area (Å²) in [6.45, 7) is 6.85. The van der Waals surface area contributed by atoms with Gasteiger partial charge in [-0.25, -0.2) is 0 Å². The Labute approximate surface area is 105 Å². The molecule has 1 N–H and O–H groups in total. The molecule has 17 heavy (non-hydrogen) atoms. The summed E-state index contributed by atoms with van der Waals surface area (Å²) in [5, 5.41) is 3.72. The van der Waals surface area contributed by atoms with Crippen LogP contribution in [0.3, 0.4) is 0 Å². The maximum absolute atomic E-state index is 4.22. The molecule has 2 heteroatoms. The molecule has 94 valence electrons. The molecular weight excluding hydrogens is 208 g/mol. The van der Waals surface area contributed by atoms with Crippen molar-refractivity contribution >= 4 is 5.69 Å². The van der Waals surface area contributed by atoms with E-state index in [1.54, 1.807) is 0 Å². The molecule has 1 saturated carbocycles. The van der Waals surface area contributed by atoms with Crippen LogP contribution >= 0.6 is 0 Å². The number of anilines is 1. The molecule has 1 heterocycles. The molecule has 2 rings (SSSR count). The van der Waals surface area contributed by atoms with Crippen molar-refractivity contribution in [3.63, 3.8) is 0 Å². The molecule has 2 nitrogen and oxygen atoms in total. The van der Waals surface area contributed by atoms with E-state index in [9.17, 15) is 0 Å². The van der Waals surface area contributed by atoms with Crippen LogP contribution < -0.4 is 5.32 Å². The lowest BCUT2D eigenvalue weighted by atomic mass is 9.77. The fourth-order valence-corrected chi connectivity index (χ4v) is 2.95. The number of nitrogens with zero attached hydrogens (tertiary/aromatic N) is 1. The van der Waals surface area contributed by atoms with E-state index in [-0.39, 0.29) is 0 Å². The Balaban J connectivity index is 2.08. The number of aryl methyl sites for hydroxylation is 1. The Bertz CT molecular complexity index is 360. The highest BCUT2D eigenvalue weighted by Gasteiger charge is 2.27. The molecule has 0 saturated heterocycles. The van der Waals surface area contributed by atoms with Gasteiger partial charge in [-0.3, -0.25) is 4.98 Å². The predicted octanol–water partition coefficient (Wildman–Crippen LogP) is 4.02. The molecule has 0 spiro atoms. The maximum atomic E-state index is 4.22. The number of hydrogen-bond donors (Lipinski definition) is 1.